The second kappa shape index (κ2) is 7.85. The number of ether oxygens (including phenoxy) is 1. The minimum absolute atomic E-state index is 0.0255. The Labute approximate surface area is 119 Å². The molecule has 1 N–H and O–H groups in total. The van der Waals surface area contributed by atoms with Crippen molar-refractivity contribution < 1.29 is 9.53 Å². The lowest BCUT2D eigenvalue weighted by atomic mass is 10.3. The molecule has 0 saturated carbocycles. The van der Waals surface area contributed by atoms with Gasteiger partial charge in [0.05, 0.1) is 6.10 Å². The number of amides is 1. The third-order valence-corrected chi connectivity index (χ3v) is 2.95. The molecule has 0 atom stereocenters. The summed E-state index contributed by atoms with van der Waals surface area (Å²) in [6, 6.07) is 3.08. The zero-order chi connectivity index (χ0) is 15.1. The van der Waals surface area contributed by atoms with E-state index in [2.05, 4.69) is 5.32 Å². The first-order chi connectivity index (χ1) is 9.40. The van der Waals surface area contributed by atoms with E-state index in [0.717, 1.165) is 17.8 Å². The van der Waals surface area contributed by atoms with Crippen molar-refractivity contribution in [2.75, 3.05) is 13.2 Å². The molecule has 0 aliphatic heterocycles. The lowest BCUT2D eigenvalue weighted by Crippen LogP contribution is -2.30. The van der Waals surface area contributed by atoms with E-state index in [1.807, 2.05) is 32.3 Å². The average molecular weight is 280 g/mol. The number of hydrogen-bond acceptors (Lipinski definition) is 3. The van der Waals surface area contributed by atoms with Crippen LogP contribution in [0.1, 0.15) is 31.7 Å². The normalized spacial score (nSPS) is 10.8. The highest BCUT2D eigenvalue weighted by Gasteiger charge is 2.06. The number of pyridine rings is 1. The van der Waals surface area contributed by atoms with Crippen molar-refractivity contribution in [2.24, 2.45) is 0 Å². The maximum atomic E-state index is 11.8. The van der Waals surface area contributed by atoms with Crippen molar-refractivity contribution in [1.29, 1.82) is 0 Å². The van der Waals surface area contributed by atoms with Crippen LogP contribution in [0, 0.1) is 13.8 Å². The summed E-state index contributed by atoms with van der Waals surface area (Å²) in [5, 5.41) is 2.86. The van der Waals surface area contributed by atoms with Gasteiger partial charge in [-0.15, -0.1) is 0 Å². The van der Waals surface area contributed by atoms with Crippen LogP contribution in [0.2, 0.25) is 0 Å². The number of aromatic nitrogens is 1. The molecule has 0 radical (unpaired) electrons. The number of rotatable bonds is 7. The van der Waals surface area contributed by atoms with Gasteiger partial charge in [0.2, 0.25) is 5.91 Å². The van der Waals surface area contributed by atoms with Crippen LogP contribution in [-0.2, 0) is 16.1 Å². The Morgan fingerprint density at radius 1 is 1.30 bits per heavy atom. The summed E-state index contributed by atoms with van der Waals surface area (Å²) < 4.78 is 7.24. The molecule has 1 aromatic rings. The monoisotopic (exact) mass is 280 g/mol. The molecule has 0 aliphatic rings. The van der Waals surface area contributed by atoms with Crippen LogP contribution in [0.25, 0.3) is 0 Å². The van der Waals surface area contributed by atoms with Crippen LogP contribution in [0.5, 0.6) is 0 Å². The number of nitrogens with zero attached hydrogens (tertiary/aromatic N) is 1. The maximum Gasteiger partial charge on any atom is 0.239 e. The average Bonchev–Trinajstić information content (AvgIpc) is 2.33. The van der Waals surface area contributed by atoms with Gasteiger partial charge in [0, 0.05) is 36.7 Å². The minimum atomic E-state index is -0.0515. The summed E-state index contributed by atoms with van der Waals surface area (Å²) in [6.45, 7) is 9.12. The Morgan fingerprint density at radius 2 is 1.90 bits per heavy atom. The van der Waals surface area contributed by atoms with E-state index in [1.54, 1.807) is 0 Å². The fraction of sp³-hybridized carbons (Fsp3) is 0.600. The van der Waals surface area contributed by atoms with E-state index >= 15 is 0 Å². The van der Waals surface area contributed by atoms with Gasteiger partial charge >= 0.3 is 0 Å². The highest BCUT2D eigenvalue weighted by Crippen LogP contribution is 2.01. The molecule has 0 unspecified atom stereocenters. The molecule has 0 saturated heterocycles. The van der Waals surface area contributed by atoms with Gasteiger partial charge in [-0.3, -0.25) is 9.59 Å². The van der Waals surface area contributed by atoms with Gasteiger partial charge < -0.3 is 14.6 Å². The number of carbonyl (C=O) groups excluding carboxylic acids is 1. The highest BCUT2D eigenvalue weighted by atomic mass is 16.5. The van der Waals surface area contributed by atoms with Crippen molar-refractivity contribution in [3.8, 4) is 0 Å². The molecule has 112 valence electrons. The number of hydrogen-bond donors (Lipinski definition) is 1. The summed E-state index contributed by atoms with van der Waals surface area (Å²) >= 11 is 0. The molecule has 1 rings (SSSR count). The van der Waals surface area contributed by atoms with Crippen molar-refractivity contribution in [2.45, 2.75) is 46.8 Å². The van der Waals surface area contributed by atoms with Crippen molar-refractivity contribution in [1.82, 2.24) is 9.88 Å². The largest absolute Gasteiger partial charge is 0.379 e. The minimum Gasteiger partial charge on any atom is -0.379 e. The summed E-state index contributed by atoms with van der Waals surface area (Å²) in [4.78, 5) is 23.2. The van der Waals surface area contributed by atoms with Crippen LogP contribution in [0.3, 0.4) is 0 Å². The Balaban J connectivity index is 2.41. The second-order valence-electron chi connectivity index (χ2n) is 5.18. The van der Waals surface area contributed by atoms with E-state index in [1.165, 1.54) is 12.1 Å². The van der Waals surface area contributed by atoms with Gasteiger partial charge in [-0.1, -0.05) is 0 Å². The molecule has 20 heavy (non-hydrogen) atoms. The predicted molar refractivity (Wildman–Crippen MR) is 78.9 cm³/mol. The zero-order valence-corrected chi connectivity index (χ0v) is 12.7. The maximum absolute atomic E-state index is 11.8. The van der Waals surface area contributed by atoms with Gasteiger partial charge in [0.15, 0.2) is 5.43 Å². The van der Waals surface area contributed by atoms with Crippen LogP contribution in [-0.4, -0.2) is 29.7 Å². The second-order valence-corrected chi connectivity index (χ2v) is 5.18. The highest BCUT2D eigenvalue weighted by molar-refractivity contribution is 5.75. The fourth-order valence-electron chi connectivity index (χ4n) is 1.96. The Bertz CT molecular complexity index is 480. The topological polar surface area (TPSA) is 60.3 Å². The molecule has 0 aliphatic carbocycles. The molecular weight excluding hydrogens is 256 g/mol. The summed E-state index contributed by atoms with van der Waals surface area (Å²) in [7, 11) is 0. The van der Waals surface area contributed by atoms with Crippen molar-refractivity contribution >= 4 is 5.91 Å². The van der Waals surface area contributed by atoms with Gasteiger partial charge in [-0.25, -0.2) is 0 Å². The van der Waals surface area contributed by atoms with Crippen molar-refractivity contribution in [3.63, 3.8) is 0 Å². The lowest BCUT2D eigenvalue weighted by Gasteiger charge is -2.14. The van der Waals surface area contributed by atoms with E-state index in [-0.39, 0.29) is 24.0 Å². The van der Waals surface area contributed by atoms with Gasteiger partial charge in [-0.2, -0.15) is 0 Å². The fourth-order valence-corrected chi connectivity index (χ4v) is 1.96. The van der Waals surface area contributed by atoms with Crippen LogP contribution < -0.4 is 10.7 Å². The Morgan fingerprint density at radius 3 is 2.45 bits per heavy atom. The number of aryl methyl sites for hydroxylation is 2. The molecule has 5 heteroatoms. The van der Waals surface area contributed by atoms with E-state index in [9.17, 15) is 9.59 Å². The molecule has 1 aromatic heterocycles. The standard InChI is InChI=1S/C15H24N2O3/c1-11(2)20-7-5-6-16-15(19)10-17-12(3)8-14(18)9-13(17)4/h8-9,11H,5-7,10H2,1-4H3,(H,16,19). The first kappa shape index (κ1) is 16.4. The molecule has 1 heterocycles. The molecule has 0 spiro atoms. The van der Waals surface area contributed by atoms with E-state index in [4.69, 9.17) is 4.74 Å². The third-order valence-electron chi connectivity index (χ3n) is 2.95. The summed E-state index contributed by atoms with van der Waals surface area (Å²) in [5.74, 6) is -0.0515. The molecular formula is C15H24N2O3. The lowest BCUT2D eigenvalue weighted by molar-refractivity contribution is -0.121. The number of nitrogens with one attached hydrogen (secondary N) is 1. The number of carbonyl (C=O) groups is 1. The Hall–Kier alpha value is -1.62. The van der Waals surface area contributed by atoms with Gasteiger partial charge in [0.25, 0.3) is 0 Å². The molecule has 1 amide bonds. The van der Waals surface area contributed by atoms with Crippen molar-refractivity contribution in [3.05, 3.63) is 33.7 Å². The molecule has 5 nitrogen and oxygen atoms in total. The molecule has 0 bridgehead atoms. The van der Waals surface area contributed by atoms with E-state index < -0.39 is 0 Å². The van der Waals surface area contributed by atoms with Crippen LogP contribution in [0.4, 0.5) is 0 Å². The van der Waals surface area contributed by atoms with E-state index in [0.29, 0.717) is 13.2 Å². The molecule has 0 aromatic carbocycles. The van der Waals surface area contributed by atoms with Gasteiger partial charge in [-0.05, 0) is 34.1 Å². The third kappa shape index (κ3) is 5.57. The van der Waals surface area contributed by atoms with Crippen LogP contribution >= 0.6 is 0 Å². The first-order valence-electron chi connectivity index (χ1n) is 6.96. The first-order valence-corrected chi connectivity index (χ1v) is 6.96. The smallest absolute Gasteiger partial charge is 0.239 e. The summed E-state index contributed by atoms with van der Waals surface area (Å²) in [5.41, 5.74) is 1.57. The molecule has 0 fully saturated rings. The van der Waals surface area contributed by atoms with Crippen LogP contribution in [0.15, 0.2) is 16.9 Å². The van der Waals surface area contributed by atoms with Gasteiger partial charge in [0.1, 0.15) is 6.54 Å². The predicted octanol–water partition coefficient (Wildman–Crippen LogP) is 1.40. The Kier molecular flexibility index (Phi) is 6.45. The zero-order valence-electron chi connectivity index (χ0n) is 12.7. The summed E-state index contributed by atoms with van der Waals surface area (Å²) in [6.07, 6.45) is 1.02. The quantitative estimate of drug-likeness (QED) is 0.768. The SMILES string of the molecule is Cc1cc(=O)cc(C)n1CC(=O)NCCCOC(C)C.